The second-order valence-corrected chi connectivity index (χ2v) is 9.77. The Hall–Kier alpha value is -3.72. The van der Waals surface area contributed by atoms with Gasteiger partial charge in [0.1, 0.15) is 5.75 Å². The molecule has 1 aliphatic carbocycles. The fourth-order valence-electron chi connectivity index (χ4n) is 4.85. The number of halogens is 4. The third-order valence-electron chi connectivity index (χ3n) is 6.84. The number of carbonyl (C=O) groups excluding carboxylic acids is 2. The van der Waals surface area contributed by atoms with Crippen LogP contribution in [0.3, 0.4) is 0 Å². The first-order chi connectivity index (χ1) is 17.5. The van der Waals surface area contributed by atoms with Gasteiger partial charge >= 0.3 is 6.36 Å². The molecule has 2 aliphatic rings. The molecule has 37 heavy (non-hydrogen) atoms. The first-order valence-corrected chi connectivity index (χ1v) is 12.0. The van der Waals surface area contributed by atoms with Gasteiger partial charge in [-0.25, -0.2) is 0 Å². The number of nitrogens with two attached hydrogens (primary N) is 1. The molecule has 2 atom stereocenters. The molecule has 0 bridgehead atoms. The summed E-state index contributed by atoms with van der Waals surface area (Å²) in [7, 11) is 1.58. The maximum absolute atomic E-state index is 13.3. The molecule has 1 heterocycles. The van der Waals surface area contributed by atoms with Gasteiger partial charge in [-0.05, 0) is 72.4 Å². The van der Waals surface area contributed by atoms with Crippen molar-refractivity contribution in [3.63, 3.8) is 0 Å². The van der Waals surface area contributed by atoms with E-state index in [0.29, 0.717) is 33.7 Å². The molecule has 10 heteroatoms. The van der Waals surface area contributed by atoms with Crippen molar-refractivity contribution < 1.29 is 27.5 Å². The highest BCUT2D eigenvalue weighted by Gasteiger charge is 2.45. The van der Waals surface area contributed by atoms with Crippen LogP contribution in [-0.4, -0.2) is 38.3 Å². The molecule has 192 valence electrons. The minimum Gasteiger partial charge on any atom is -0.406 e. The number of primary amides is 1. The van der Waals surface area contributed by atoms with Gasteiger partial charge in [-0.3, -0.25) is 9.59 Å². The van der Waals surface area contributed by atoms with E-state index in [9.17, 15) is 22.8 Å². The number of alkyl halides is 3. The molecule has 3 aromatic carbocycles. The number of rotatable bonds is 6. The number of amides is 2. The van der Waals surface area contributed by atoms with E-state index in [1.165, 1.54) is 23.5 Å². The van der Waals surface area contributed by atoms with Gasteiger partial charge < -0.3 is 20.3 Å². The molecular formula is C27H23ClF3N3O3. The number of ether oxygens (including phenoxy) is 1. The van der Waals surface area contributed by atoms with Gasteiger partial charge in [0.15, 0.2) is 0 Å². The molecule has 1 saturated heterocycles. The van der Waals surface area contributed by atoms with E-state index >= 15 is 0 Å². The van der Waals surface area contributed by atoms with Gasteiger partial charge in [-0.15, -0.1) is 13.2 Å². The summed E-state index contributed by atoms with van der Waals surface area (Å²) < 4.78 is 42.0. The SMILES string of the molecule is CN(C(=O)c1cccc(OC(F)(F)F)c1)c1ccc(-c2cc(C(N)=O)ccc2Cl)cc1N1CC2CC2C1. The second-order valence-electron chi connectivity index (χ2n) is 9.36. The number of anilines is 2. The molecule has 0 spiro atoms. The summed E-state index contributed by atoms with van der Waals surface area (Å²) in [5.74, 6) is -0.312. The van der Waals surface area contributed by atoms with Crippen LogP contribution in [0.2, 0.25) is 5.02 Å². The van der Waals surface area contributed by atoms with Crippen LogP contribution in [0.4, 0.5) is 24.5 Å². The number of hydrogen-bond acceptors (Lipinski definition) is 4. The molecule has 6 nitrogen and oxygen atoms in total. The van der Waals surface area contributed by atoms with Crippen molar-refractivity contribution in [2.24, 2.45) is 17.6 Å². The van der Waals surface area contributed by atoms with Gasteiger partial charge in [0, 0.05) is 41.9 Å². The first-order valence-electron chi connectivity index (χ1n) is 11.6. The van der Waals surface area contributed by atoms with Gasteiger partial charge in [0.25, 0.3) is 5.91 Å². The van der Waals surface area contributed by atoms with Crippen LogP contribution in [-0.2, 0) is 0 Å². The average Bonchev–Trinajstić information content (AvgIpc) is 3.46. The highest BCUT2D eigenvalue weighted by Crippen LogP contribution is 2.48. The van der Waals surface area contributed by atoms with Crippen molar-refractivity contribution in [1.29, 1.82) is 0 Å². The lowest BCUT2D eigenvalue weighted by atomic mass is 10.0. The molecule has 2 fully saturated rings. The summed E-state index contributed by atoms with van der Waals surface area (Å²) in [6, 6.07) is 15.3. The second kappa shape index (κ2) is 9.30. The predicted octanol–water partition coefficient (Wildman–Crippen LogP) is 5.74. The smallest absolute Gasteiger partial charge is 0.406 e. The fourth-order valence-corrected chi connectivity index (χ4v) is 5.08. The van der Waals surface area contributed by atoms with Crippen molar-refractivity contribution in [3.05, 3.63) is 76.8 Å². The zero-order chi connectivity index (χ0) is 26.5. The number of fused-ring (bicyclic) bond motifs is 1. The van der Waals surface area contributed by atoms with Crippen LogP contribution in [0.15, 0.2) is 60.7 Å². The Labute approximate surface area is 216 Å². The molecule has 1 saturated carbocycles. The Morgan fingerprint density at radius 2 is 1.76 bits per heavy atom. The molecule has 2 unspecified atom stereocenters. The van der Waals surface area contributed by atoms with Crippen molar-refractivity contribution in [1.82, 2.24) is 0 Å². The zero-order valence-corrected chi connectivity index (χ0v) is 20.5. The number of hydrogen-bond donors (Lipinski definition) is 1. The molecule has 0 radical (unpaired) electrons. The van der Waals surface area contributed by atoms with Gasteiger partial charge in [-0.2, -0.15) is 0 Å². The van der Waals surface area contributed by atoms with Crippen molar-refractivity contribution in [3.8, 4) is 16.9 Å². The fraction of sp³-hybridized carbons (Fsp3) is 0.259. The van der Waals surface area contributed by atoms with Crippen LogP contribution in [0.25, 0.3) is 11.1 Å². The van der Waals surface area contributed by atoms with E-state index < -0.39 is 23.9 Å². The Bertz CT molecular complexity index is 1380. The first kappa shape index (κ1) is 25.0. The Balaban J connectivity index is 1.52. The van der Waals surface area contributed by atoms with E-state index in [0.717, 1.165) is 36.5 Å². The number of benzene rings is 3. The summed E-state index contributed by atoms with van der Waals surface area (Å²) in [4.78, 5) is 28.7. The maximum Gasteiger partial charge on any atom is 0.573 e. The summed E-state index contributed by atoms with van der Waals surface area (Å²) in [5.41, 5.74) is 8.59. The van der Waals surface area contributed by atoms with Gasteiger partial charge in [0.2, 0.25) is 5.91 Å². The van der Waals surface area contributed by atoms with E-state index in [1.54, 1.807) is 37.4 Å². The maximum atomic E-state index is 13.3. The number of piperidine rings is 1. The summed E-state index contributed by atoms with van der Waals surface area (Å²) in [6.07, 6.45) is -3.68. The highest BCUT2D eigenvalue weighted by atomic mass is 35.5. The summed E-state index contributed by atoms with van der Waals surface area (Å²) in [6.45, 7) is 1.68. The molecule has 2 N–H and O–H groups in total. The molecule has 2 amide bonds. The normalized spacial score (nSPS) is 18.4. The molecule has 0 aromatic heterocycles. The zero-order valence-electron chi connectivity index (χ0n) is 19.8. The van der Waals surface area contributed by atoms with Crippen LogP contribution in [0.1, 0.15) is 27.1 Å². The van der Waals surface area contributed by atoms with E-state index in [4.69, 9.17) is 17.3 Å². The van der Waals surface area contributed by atoms with Crippen molar-refractivity contribution in [2.45, 2.75) is 12.8 Å². The summed E-state index contributed by atoms with van der Waals surface area (Å²) in [5, 5.41) is 0.443. The van der Waals surface area contributed by atoms with Crippen molar-refractivity contribution in [2.75, 3.05) is 29.9 Å². The van der Waals surface area contributed by atoms with Crippen molar-refractivity contribution >= 4 is 34.8 Å². The lowest BCUT2D eigenvalue weighted by molar-refractivity contribution is -0.274. The number of nitrogens with zero attached hydrogens (tertiary/aromatic N) is 2. The molecular weight excluding hydrogens is 507 g/mol. The van der Waals surface area contributed by atoms with E-state index in [1.807, 2.05) is 6.07 Å². The third-order valence-corrected chi connectivity index (χ3v) is 7.17. The minimum absolute atomic E-state index is 0.0562. The Morgan fingerprint density at radius 3 is 2.43 bits per heavy atom. The standard InChI is InChI=1S/C27H23ClF3N3O3/c1-33(26(36)17-3-2-4-20(10-17)37-27(29,30)31)23-8-6-15(12-24(23)34-13-18-9-19(18)14-34)21-11-16(25(32)35)5-7-22(21)28/h2-8,10-12,18-19H,9,13-14H2,1H3,(H2,32,35). The topological polar surface area (TPSA) is 75.9 Å². The quantitative estimate of drug-likeness (QED) is 0.442. The highest BCUT2D eigenvalue weighted by molar-refractivity contribution is 6.33. The monoisotopic (exact) mass is 529 g/mol. The van der Waals surface area contributed by atoms with Crippen LogP contribution in [0, 0.1) is 11.8 Å². The van der Waals surface area contributed by atoms with Crippen LogP contribution in [0.5, 0.6) is 5.75 Å². The Morgan fingerprint density at radius 1 is 1.03 bits per heavy atom. The third kappa shape index (κ3) is 5.22. The Kier molecular flexibility index (Phi) is 6.27. The van der Waals surface area contributed by atoms with E-state index in [2.05, 4.69) is 9.64 Å². The molecule has 3 aromatic rings. The minimum atomic E-state index is -4.86. The lowest BCUT2D eigenvalue weighted by Gasteiger charge is -2.28. The van der Waals surface area contributed by atoms with Gasteiger partial charge in [0.05, 0.1) is 11.4 Å². The average molecular weight is 530 g/mol. The largest absolute Gasteiger partial charge is 0.573 e. The molecule has 5 rings (SSSR count). The van der Waals surface area contributed by atoms with Crippen LogP contribution < -0.4 is 20.3 Å². The van der Waals surface area contributed by atoms with E-state index in [-0.39, 0.29) is 5.56 Å². The molecule has 1 aliphatic heterocycles. The summed E-state index contributed by atoms with van der Waals surface area (Å²) >= 11 is 6.45. The predicted molar refractivity (Wildman–Crippen MR) is 135 cm³/mol. The van der Waals surface area contributed by atoms with Crippen LogP contribution >= 0.6 is 11.6 Å². The van der Waals surface area contributed by atoms with Gasteiger partial charge in [-0.1, -0.05) is 23.7 Å². The lowest BCUT2D eigenvalue weighted by Crippen LogP contribution is -2.30. The number of carbonyl (C=O) groups is 2.